The lowest BCUT2D eigenvalue weighted by atomic mass is 10.0. The number of fused-ring (bicyclic) bond motifs is 1. The van der Waals surface area contributed by atoms with Gasteiger partial charge in [-0.2, -0.15) is 0 Å². The van der Waals surface area contributed by atoms with E-state index in [1.54, 1.807) is 7.11 Å². The zero-order valence-corrected chi connectivity index (χ0v) is 9.59. The molecular formula is C12H16N2O2. The lowest BCUT2D eigenvalue weighted by molar-refractivity contribution is -0.114. The molecule has 86 valence electrons. The summed E-state index contributed by atoms with van der Waals surface area (Å²) < 4.78 is 5.32. The monoisotopic (exact) mass is 220 g/mol. The third-order valence-electron chi connectivity index (χ3n) is 2.71. The Kier molecular flexibility index (Phi) is 2.99. The van der Waals surface area contributed by atoms with Gasteiger partial charge in [0.05, 0.1) is 18.5 Å². The molecule has 1 amide bonds. The predicted molar refractivity (Wildman–Crippen MR) is 64.1 cm³/mol. The molecule has 16 heavy (non-hydrogen) atoms. The van der Waals surface area contributed by atoms with Crippen molar-refractivity contribution in [3.05, 3.63) is 17.7 Å². The normalized spacial score (nSPS) is 13.6. The molecule has 1 aliphatic rings. The van der Waals surface area contributed by atoms with Gasteiger partial charge in [-0.15, -0.1) is 0 Å². The van der Waals surface area contributed by atoms with E-state index in [-0.39, 0.29) is 5.91 Å². The first-order valence-electron chi connectivity index (χ1n) is 5.43. The predicted octanol–water partition coefficient (Wildman–Crippen LogP) is 2.01. The molecule has 0 atom stereocenters. The summed E-state index contributed by atoms with van der Waals surface area (Å²) in [6, 6.07) is 3.77. The Balaban J connectivity index is 2.43. The molecule has 0 spiro atoms. The SMILES string of the molecule is COc1ccc(NC(C)=O)c2c1CCCN2. The maximum absolute atomic E-state index is 11.1. The minimum absolute atomic E-state index is 0.0558. The van der Waals surface area contributed by atoms with E-state index in [0.29, 0.717) is 0 Å². The van der Waals surface area contributed by atoms with Crippen molar-refractivity contribution in [1.82, 2.24) is 0 Å². The van der Waals surface area contributed by atoms with Crippen LogP contribution in [0.1, 0.15) is 18.9 Å². The van der Waals surface area contributed by atoms with Crippen molar-refractivity contribution in [2.75, 3.05) is 24.3 Å². The third-order valence-corrected chi connectivity index (χ3v) is 2.71. The quantitative estimate of drug-likeness (QED) is 0.801. The standard InChI is InChI=1S/C12H16N2O2/c1-8(15)14-10-5-6-11(16-2)9-4-3-7-13-12(9)10/h5-6,13H,3-4,7H2,1-2H3,(H,14,15). The van der Waals surface area contributed by atoms with Crippen molar-refractivity contribution in [3.8, 4) is 5.75 Å². The molecule has 0 aliphatic carbocycles. The Morgan fingerprint density at radius 3 is 3.00 bits per heavy atom. The van der Waals surface area contributed by atoms with Crippen molar-refractivity contribution >= 4 is 17.3 Å². The van der Waals surface area contributed by atoms with Gasteiger partial charge in [0.1, 0.15) is 5.75 Å². The van der Waals surface area contributed by atoms with Crippen molar-refractivity contribution in [2.24, 2.45) is 0 Å². The lowest BCUT2D eigenvalue weighted by Crippen LogP contribution is -2.16. The van der Waals surface area contributed by atoms with Gasteiger partial charge in [-0.3, -0.25) is 4.79 Å². The van der Waals surface area contributed by atoms with Gasteiger partial charge in [-0.05, 0) is 25.0 Å². The second-order valence-corrected chi connectivity index (χ2v) is 3.88. The zero-order chi connectivity index (χ0) is 11.5. The van der Waals surface area contributed by atoms with Crippen LogP contribution in [0, 0.1) is 0 Å². The molecule has 1 aromatic carbocycles. The van der Waals surface area contributed by atoms with Gasteiger partial charge in [0.15, 0.2) is 0 Å². The van der Waals surface area contributed by atoms with Gasteiger partial charge in [0, 0.05) is 19.0 Å². The highest BCUT2D eigenvalue weighted by Gasteiger charge is 2.17. The van der Waals surface area contributed by atoms with Crippen LogP contribution in [0.3, 0.4) is 0 Å². The highest BCUT2D eigenvalue weighted by Crippen LogP contribution is 2.36. The van der Waals surface area contributed by atoms with E-state index >= 15 is 0 Å². The maximum atomic E-state index is 11.1. The van der Waals surface area contributed by atoms with E-state index in [1.807, 2.05) is 12.1 Å². The number of nitrogens with one attached hydrogen (secondary N) is 2. The summed E-state index contributed by atoms with van der Waals surface area (Å²) in [4.78, 5) is 11.1. The van der Waals surface area contributed by atoms with Gasteiger partial charge in [-0.25, -0.2) is 0 Å². The lowest BCUT2D eigenvalue weighted by Gasteiger charge is -2.23. The molecule has 0 unspecified atom stereocenters. The van der Waals surface area contributed by atoms with Crippen LogP contribution >= 0.6 is 0 Å². The van der Waals surface area contributed by atoms with Gasteiger partial charge in [0.2, 0.25) is 5.91 Å². The van der Waals surface area contributed by atoms with Gasteiger partial charge in [-0.1, -0.05) is 0 Å². The van der Waals surface area contributed by atoms with Crippen LogP contribution in [0.2, 0.25) is 0 Å². The summed E-state index contributed by atoms with van der Waals surface area (Å²) >= 11 is 0. The van der Waals surface area contributed by atoms with Gasteiger partial charge < -0.3 is 15.4 Å². The number of amides is 1. The number of carbonyl (C=O) groups is 1. The summed E-state index contributed by atoms with van der Waals surface area (Å²) in [5.41, 5.74) is 2.99. The second-order valence-electron chi connectivity index (χ2n) is 3.88. The molecule has 2 N–H and O–H groups in total. The van der Waals surface area contributed by atoms with Gasteiger partial charge in [0.25, 0.3) is 0 Å². The molecule has 0 fully saturated rings. The summed E-state index contributed by atoms with van der Waals surface area (Å²) in [6.07, 6.45) is 2.08. The Labute approximate surface area is 95.0 Å². The Morgan fingerprint density at radius 2 is 2.31 bits per heavy atom. The van der Waals surface area contributed by atoms with E-state index in [1.165, 1.54) is 6.92 Å². The highest BCUT2D eigenvalue weighted by molar-refractivity contribution is 5.94. The minimum Gasteiger partial charge on any atom is -0.496 e. The van der Waals surface area contributed by atoms with Crippen LogP contribution in [0.5, 0.6) is 5.75 Å². The van der Waals surface area contributed by atoms with Gasteiger partial charge >= 0.3 is 0 Å². The molecule has 2 rings (SSSR count). The third kappa shape index (κ3) is 1.96. The molecular weight excluding hydrogens is 204 g/mol. The second kappa shape index (κ2) is 4.43. The van der Waals surface area contributed by atoms with Crippen LogP contribution in [-0.4, -0.2) is 19.6 Å². The largest absolute Gasteiger partial charge is 0.496 e. The molecule has 0 bridgehead atoms. The first-order chi connectivity index (χ1) is 7.72. The van der Waals surface area contributed by atoms with E-state index in [0.717, 1.165) is 42.1 Å². The fourth-order valence-corrected chi connectivity index (χ4v) is 2.04. The maximum Gasteiger partial charge on any atom is 0.221 e. The Bertz CT molecular complexity index is 416. The number of ether oxygens (including phenoxy) is 1. The highest BCUT2D eigenvalue weighted by atomic mass is 16.5. The molecule has 0 radical (unpaired) electrons. The Hall–Kier alpha value is -1.71. The summed E-state index contributed by atoms with van der Waals surface area (Å²) in [5.74, 6) is 0.830. The number of carbonyl (C=O) groups excluding carboxylic acids is 1. The molecule has 0 saturated heterocycles. The molecule has 1 heterocycles. The van der Waals surface area contributed by atoms with Crippen LogP contribution in [0.15, 0.2) is 12.1 Å². The number of hydrogen-bond acceptors (Lipinski definition) is 3. The topological polar surface area (TPSA) is 50.4 Å². The fourth-order valence-electron chi connectivity index (χ4n) is 2.04. The first-order valence-corrected chi connectivity index (χ1v) is 5.43. The Morgan fingerprint density at radius 1 is 1.50 bits per heavy atom. The molecule has 1 aliphatic heterocycles. The van der Waals surface area contributed by atoms with Crippen LogP contribution in [-0.2, 0) is 11.2 Å². The first kappa shape index (κ1) is 10.8. The van der Waals surface area contributed by atoms with Crippen molar-refractivity contribution < 1.29 is 9.53 Å². The smallest absolute Gasteiger partial charge is 0.221 e. The summed E-state index contributed by atoms with van der Waals surface area (Å²) in [5, 5.41) is 6.14. The molecule has 4 heteroatoms. The molecule has 0 saturated carbocycles. The molecule has 0 aromatic heterocycles. The van der Waals surface area contributed by atoms with Crippen LogP contribution < -0.4 is 15.4 Å². The van der Waals surface area contributed by atoms with Crippen LogP contribution in [0.25, 0.3) is 0 Å². The van der Waals surface area contributed by atoms with Crippen molar-refractivity contribution in [2.45, 2.75) is 19.8 Å². The van der Waals surface area contributed by atoms with Crippen molar-refractivity contribution in [3.63, 3.8) is 0 Å². The average Bonchev–Trinajstić information content (AvgIpc) is 2.29. The van der Waals surface area contributed by atoms with Crippen LogP contribution in [0.4, 0.5) is 11.4 Å². The molecule has 4 nitrogen and oxygen atoms in total. The number of benzene rings is 1. The summed E-state index contributed by atoms with van der Waals surface area (Å²) in [6.45, 7) is 2.45. The minimum atomic E-state index is -0.0558. The van der Waals surface area contributed by atoms with E-state index in [2.05, 4.69) is 10.6 Å². The molecule has 1 aromatic rings. The zero-order valence-electron chi connectivity index (χ0n) is 9.59. The number of rotatable bonds is 2. The van der Waals surface area contributed by atoms with E-state index < -0.39 is 0 Å². The van der Waals surface area contributed by atoms with E-state index in [9.17, 15) is 4.79 Å². The fraction of sp³-hybridized carbons (Fsp3) is 0.417. The number of methoxy groups -OCH3 is 1. The number of hydrogen-bond donors (Lipinski definition) is 2. The summed E-state index contributed by atoms with van der Waals surface area (Å²) in [7, 11) is 1.67. The van der Waals surface area contributed by atoms with E-state index in [4.69, 9.17) is 4.74 Å². The number of anilines is 2. The van der Waals surface area contributed by atoms with Crippen molar-refractivity contribution in [1.29, 1.82) is 0 Å². The average molecular weight is 220 g/mol.